The lowest BCUT2D eigenvalue weighted by atomic mass is 10.1. The van der Waals surface area contributed by atoms with Crippen LogP contribution in [0.1, 0.15) is 31.9 Å². The minimum atomic E-state index is -0.515. The number of carbonyl (C=O) groups excluding carboxylic acids is 1. The van der Waals surface area contributed by atoms with Crippen LogP contribution in [0, 0.1) is 11.8 Å². The van der Waals surface area contributed by atoms with E-state index in [-0.39, 0.29) is 6.61 Å². The quantitative estimate of drug-likeness (QED) is 0.615. The molecule has 0 saturated heterocycles. The van der Waals surface area contributed by atoms with Gasteiger partial charge in [-0.15, -0.1) is 0 Å². The molecule has 132 valence electrons. The third-order valence-electron chi connectivity index (χ3n) is 2.77. The lowest BCUT2D eigenvalue weighted by Crippen LogP contribution is -2.34. The Bertz CT molecular complexity index is 596. The molecule has 24 heavy (non-hydrogen) atoms. The highest BCUT2D eigenvalue weighted by molar-refractivity contribution is 5.67. The number of ether oxygens (including phenoxy) is 3. The van der Waals surface area contributed by atoms with E-state index in [1.807, 2.05) is 32.9 Å². The van der Waals surface area contributed by atoms with Crippen molar-refractivity contribution in [2.24, 2.45) is 0 Å². The second-order valence-electron chi connectivity index (χ2n) is 5.97. The third-order valence-corrected chi connectivity index (χ3v) is 2.77. The molecule has 1 aromatic rings. The molecule has 0 spiro atoms. The van der Waals surface area contributed by atoms with E-state index in [1.165, 1.54) is 0 Å². The maximum absolute atomic E-state index is 11.5. The van der Waals surface area contributed by atoms with Crippen LogP contribution in [-0.4, -0.2) is 43.7 Å². The first-order valence-electron chi connectivity index (χ1n) is 7.67. The van der Waals surface area contributed by atoms with Crippen molar-refractivity contribution in [3.8, 4) is 17.6 Å². The molecule has 1 amide bonds. The zero-order valence-electron chi connectivity index (χ0n) is 14.6. The van der Waals surface area contributed by atoms with Crippen molar-refractivity contribution in [2.75, 3.05) is 26.9 Å². The molecule has 6 heteroatoms. The molecular weight excluding hydrogens is 310 g/mol. The van der Waals surface area contributed by atoms with Gasteiger partial charge in [0.2, 0.25) is 0 Å². The first-order chi connectivity index (χ1) is 11.4. The number of hydrogen-bond acceptors (Lipinski definition) is 5. The van der Waals surface area contributed by atoms with Gasteiger partial charge in [-0.1, -0.05) is 17.9 Å². The highest BCUT2D eigenvalue weighted by atomic mass is 16.6. The van der Waals surface area contributed by atoms with E-state index in [0.717, 1.165) is 11.1 Å². The number of carbonyl (C=O) groups is 1. The summed E-state index contributed by atoms with van der Waals surface area (Å²) in [6.07, 6.45) is -0.463. The average molecular weight is 335 g/mol. The molecule has 0 atom stereocenters. The van der Waals surface area contributed by atoms with Gasteiger partial charge >= 0.3 is 6.09 Å². The summed E-state index contributed by atoms with van der Waals surface area (Å²) in [5.41, 5.74) is 1.12. The van der Waals surface area contributed by atoms with Gasteiger partial charge in [0, 0.05) is 17.7 Å². The summed E-state index contributed by atoms with van der Waals surface area (Å²) in [6, 6.07) is 5.49. The van der Waals surface area contributed by atoms with Crippen LogP contribution in [0.5, 0.6) is 5.75 Å². The zero-order valence-corrected chi connectivity index (χ0v) is 14.6. The largest absolute Gasteiger partial charge is 0.496 e. The lowest BCUT2D eigenvalue weighted by Gasteiger charge is -2.19. The maximum atomic E-state index is 11.5. The molecule has 0 unspecified atom stereocenters. The monoisotopic (exact) mass is 335 g/mol. The Morgan fingerprint density at radius 3 is 2.71 bits per heavy atom. The van der Waals surface area contributed by atoms with Crippen molar-refractivity contribution in [3.63, 3.8) is 0 Å². The van der Waals surface area contributed by atoms with Gasteiger partial charge in [0.15, 0.2) is 0 Å². The number of benzene rings is 1. The summed E-state index contributed by atoms with van der Waals surface area (Å²) in [4.78, 5) is 11.5. The fourth-order valence-corrected chi connectivity index (χ4v) is 1.80. The van der Waals surface area contributed by atoms with Gasteiger partial charge in [0.1, 0.15) is 18.0 Å². The number of aliphatic hydroxyl groups excluding tert-OH is 1. The van der Waals surface area contributed by atoms with Gasteiger partial charge in [0.05, 0.1) is 20.3 Å². The van der Waals surface area contributed by atoms with E-state index in [2.05, 4.69) is 17.2 Å². The van der Waals surface area contributed by atoms with Crippen LogP contribution in [-0.2, 0) is 16.1 Å². The predicted octanol–water partition coefficient (Wildman–Crippen LogP) is 2.08. The second-order valence-corrected chi connectivity index (χ2v) is 5.97. The van der Waals surface area contributed by atoms with Crippen molar-refractivity contribution >= 4 is 6.09 Å². The molecule has 1 rings (SSSR count). The molecule has 1 aromatic carbocycles. The van der Waals surface area contributed by atoms with Crippen LogP contribution in [0.4, 0.5) is 4.79 Å². The molecule has 0 heterocycles. The number of alkyl carbamates (subject to hydrolysis) is 1. The minimum absolute atomic E-state index is 0.183. The highest BCUT2D eigenvalue weighted by Crippen LogP contribution is 2.20. The Morgan fingerprint density at radius 2 is 2.08 bits per heavy atom. The number of aliphatic hydroxyl groups is 1. The van der Waals surface area contributed by atoms with Crippen LogP contribution >= 0.6 is 0 Å². The predicted molar refractivity (Wildman–Crippen MR) is 90.9 cm³/mol. The molecular formula is C18H25NO5. The van der Waals surface area contributed by atoms with Crippen LogP contribution in [0.15, 0.2) is 18.2 Å². The topological polar surface area (TPSA) is 77.0 Å². The normalized spacial score (nSPS) is 10.5. The molecule has 0 aromatic heterocycles. The van der Waals surface area contributed by atoms with Crippen LogP contribution in [0.3, 0.4) is 0 Å². The summed E-state index contributed by atoms with van der Waals surface area (Å²) in [7, 11) is 1.58. The van der Waals surface area contributed by atoms with E-state index in [4.69, 9.17) is 19.3 Å². The van der Waals surface area contributed by atoms with Crippen molar-refractivity contribution in [1.82, 2.24) is 5.32 Å². The molecule has 0 bridgehead atoms. The Balaban J connectivity index is 2.41. The van der Waals surface area contributed by atoms with Gasteiger partial charge in [-0.25, -0.2) is 4.79 Å². The number of hydrogen-bond donors (Lipinski definition) is 2. The summed E-state index contributed by atoms with van der Waals surface area (Å²) in [6.45, 7) is 6.31. The second kappa shape index (κ2) is 9.81. The lowest BCUT2D eigenvalue weighted by molar-refractivity contribution is 0.0493. The van der Waals surface area contributed by atoms with Gasteiger partial charge in [0.25, 0.3) is 0 Å². The van der Waals surface area contributed by atoms with Crippen LogP contribution in [0.25, 0.3) is 0 Å². The zero-order chi connectivity index (χ0) is 18.0. The molecule has 0 aliphatic heterocycles. The number of rotatable bonds is 6. The maximum Gasteiger partial charge on any atom is 0.407 e. The van der Waals surface area contributed by atoms with Gasteiger partial charge in [-0.2, -0.15) is 0 Å². The van der Waals surface area contributed by atoms with Gasteiger partial charge in [-0.3, -0.25) is 0 Å². The van der Waals surface area contributed by atoms with Crippen LogP contribution < -0.4 is 10.1 Å². The Kier molecular flexibility index (Phi) is 8.10. The number of nitrogens with one attached hydrogen (secondary N) is 1. The van der Waals surface area contributed by atoms with E-state index in [9.17, 15) is 4.79 Å². The van der Waals surface area contributed by atoms with E-state index in [0.29, 0.717) is 25.5 Å². The molecule has 0 fully saturated rings. The smallest absolute Gasteiger partial charge is 0.407 e. The molecule has 0 saturated carbocycles. The van der Waals surface area contributed by atoms with Crippen molar-refractivity contribution < 1.29 is 24.1 Å². The molecule has 0 aliphatic rings. The minimum Gasteiger partial charge on any atom is -0.496 e. The fourth-order valence-electron chi connectivity index (χ4n) is 1.80. The number of methoxy groups -OCH3 is 1. The molecule has 6 nitrogen and oxygen atoms in total. The van der Waals surface area contributed by atoms with Gasteiger partial charge < -0.3 is 24.6 Å². The number of amides is 1. The highest BCUT2D eigenvalue weighted by Gasteiger charge is 2.15. The first-order valence-corrected chi connectivity index (χ1v) is 7.67. The van der Waals surface area contributed by atoms with Crippen LogP contribution in [0.2, 0.25) is 0 Å². The summed E-state index contributed by atoms with van der Waals surface area (Å²) in [5, 5.41) is 11.3. The van der Waals surface area contributed by atoms with Crippen molar-refractivity contribution in [3.05, 3.63) is 29.3 Å². The first kappa shape index (κ1) is 19.8. The molecule has 2 N–H and O–H groups in total. The fraction of sp³-hybridized carbons (Fsp3) is 0.500. The average Bonchev–Trinajstić information content (AvgIpc) is 2.51. The Labute approximate surface area is 143 Å². The van der Waals surface area contributed by atoms with Gasteiger partial charge in [-0.05, 0) is 32.9 Å². The standard InChI is InChI=1S/C18H25NO5/c1-18(2,3)24-17(21)19-9-11-23-13-15-8-7-14(6-5-10-20)12-16(15)22-4/h7-8,12,20H,9-11,13H2,1-4H3,(H,19,21). The summed E-state index contributed by atoms with van der Waals surface area (Å²) < 4.78 is 16.0. The Hall–Kier alpha value is -2.23. The Morgan fingerprint density at radius 1 is 1.33 bits per heavy atom. The summed E-state index contributed by atoms with van der Waals surface area (Å²) in [5.74, 6) is 6.08. The summed E-state index contributed by atoms with van der Waals surface area (Å²) >= 11 is 0. The van der Waals surface area contributed by atoms with E-state index < -0.39 is 11.7 Å². The molecule has 0 radical (unpaired) electrons. The van der Waals surface area contributed by atoms with E-state index >= 15 is 0 Å². The third kappa shape index (κ3) is 7.86. The SMILES string of the molecule is COc1cc(C#CCO)ccc1COCCNC(=O)OC(C)(C)C. The molecule has 0 aliphatic carbocycles. The van der Waals surface area contributed by atoms with Crippen molar-refractivity contribution in [2.45, 2.75) is 33.0 Å². The van der Waals surface area contributed by atoms with Crippen molar-refractivity contribution in [1.29, 1.82) is 0 Å². The van der Waals surface area contributed by atoms with E-state index in [1.54, 1.807) is 13.2 Å².